The predicted molar refractivity (Wildman–Crippen MR) is 117 cm³/mol. The van der Waals surface area contributed by atoms with Crippen molar-refractivity contribution >= 4 is 17.5 Å². The number of anilines is 1. The lowest BCUT2D eigenvalue weighted by atomic mass is 9.69. The highest BCUT2D eigenvalue weighted by atomic mass is 19.1. The number of ketones is 1. The topological polar surface area (TPSA) is 80.8 Å². The summed E-state index contributed by atoms with van der Waals surface area (Å²) in [6.45, 7) is 0. The van der Waals surface area contributed by atoms with Gasteiger partial charge in [0.05, 0.1) is 18.2 Å². The van der Waals surface area contributed by atoms with Crippen LogP contribution in [-0.2, 0) is 0 Å². The van der Waals surface area contributed by atoms with Gasteiger partial charge in [-0.25, -0.2) is 4.39 Å². The van der Waals surface area contributed by atoms with Gasteiger partial charge < -0.3 is 4.90 Å². The first-order valence-electron chi connectivity index (χ1n) is 10.2. The summed E-state index contributed by atoms with van der Waals surface area (Å²) in [5.74, 6) is -1.48. The molecular weight excluding hydrogens is 403 g/mol. The van der Waals surface area contributed by atoms with Gasteiger partial charge in [0.1, 0.15) is 11.9 Å². The number of para-hydroxylation sites is 1. The molecule has 0 N–H and O–H groups in total. The quantitative estimate of drug-likeness (QED) is 0.583. The van der Waals surface area contributed by atoms with Gasteiger partial charge in [-0.2, -0.15) is 10.5 Å². The zero-order valence-corrected chi connectivity index (χ0v) is 16.9. The fourth-order valence-electron chi connectivity index (χ4n) is 4.95. The van der Waals surface area contributed by atoms with Crippen LogP contribution in [0.3, 0.4) is 0 Å². The van der Waals surface area contributed by atoms with E-state index < -0.39 is 29.2 Å². The maximum atomic E-state index is 13.9. The molecule has 0 radical (unpaired) electrons. The number of hydrogen-bond donors (Lipinski definition) is 0. The second-order valence-corrected chi connectivity index (χ2v) is 7.94. The van der Waals surface area contributed by atoms with E-state index in [0.29, 0.717) is 11.1 Å². The summed E-state index contributed by atoms with van der Waals surface area (Å²) in [6.07, 6.45) is 6.94. The molecule has 0 bridgehead atoms. The van der Waals surface area contributed by atoms with Gasteiger partial charge in [-0.05, 0) is 47.5 Å². The number of halogens is 1. The minimum absolute atomic E-state index is 0.277. The van der Waals surface area contributed by atoms with Crippen LogP contribution < -0.4 is 4.90 Å². The number of carbonyl (C=O) groups is 1. The van der Waals surface area contributed by atoms with Crippen molar-refractivity contribution in [3.63, 3.8) is 0 Å². The van der Waals surface area contributed by atoms with Crippen LogP contribution in [0.2, 0.25) is 0 Å². The van der Waals surface area contributed by atoms with Crippen LogP contribution in [0.4, 0.5) is 10.1 Å². The zero-order chi connectivity index (χ0) is 22.3. The summed E-state index contributed by atoms with van der Waals surface area (Å²) >= 11 is 0. The molecule has 0 aliphatic carbocycles. The van der Waals surface area contributed by atoms with Crippen LogP contribution in [0.1, 0.15) is 27.4 Å². The maximum absolute atomic E-state index is 13.9. The number of rotatable bonds is 3. The van der Waals surface area contributed by atoms with Crippen molar-refractivity contribution in [1.82, 2.24) is 4.98 Å². The van der Waals surface area contributed by atoms with Crippen LogP contribution in [0.15, 0.2) is 79.1 Å². The Morgan fingerprint density at radius 3 is 2.47 bits per heavy atom. The van der Waals surface area contributed by atoms with Gasteiger partial charge in [0, 0.05) is 29.6 Å². The Morgan fingerprint density at radius 2 is 1.78 bits per heavy atom. The molecule has 0 saturated carbocycles. The van der Waals surface area contributed by atoms with E-state index in [1.54, 1.807) is 24.5 Å². The molecule has 0 spiro atoms. The Morgan fingerprint density at radius 1 is 1.03 bits per heavy atom. The first-order valence-corrected chi connectivity index (χ1v) is 10.2. The van der Waals surface area contributed by atoms with Crippen LogP contribution in [0.5, 0.6) is 0 Å². The van der Waals surface area contributed by atoms with Gasteiger partial charge in [-0.3, -0.25) is 9.78 Å². The van der Waals surface area contributed by atoms with Crippen LogP contribution >= 0.6 is 0 Å². The highest BCUT2D eigenvalue weighted by molar-refractivity contribution is 6.04. The number of benzene rings is 2. The number of hydrogen-bond acceptors (Lipinski definition) is 5. The largest absolute Gasteiger partial charge is 0.351 e. The van der Waals surface area contributed by atoms with Gasteiger partial charge in [0.2, 0.25) is 0 Å². The van der Waals surface area contributed by atoms with Crippen molar-refractivity contribution in [1.29, 1.82) is 10.5 Å². The van der Waals surface area contributed by atoms with Crippen LogP contribution in [-0.4, -0.2) is 22.9 Å². The molecule has 5 nitrogen and oxygen atoms in total. The first-order chi connectivity index (χ1) is 15.6. The molecule has 5 rings (SSSR count). The van der Waals surface area contributed by atoms with Crippen molar-refractivity contribution in [2.75, 3.05) is 4.90 Å². The van der Waals surface area contributed by atoms with Gasteiger partial charge in [-0.1, -0.05) is 36.4 Å². The van der Waals surface area contributed by atoms with E-state index in [-0.39, 0.29) is 5.78 Å². The predicted octanol–water partition coefficient (Wildman–Crippen LogP) is 4.50. The van der Waals surface area contributed by atoms with E-state index >= 15 is 0 Å². The molecule has 0 unspecified atom stereocenters. The van der Waals surface area contributed by atoms with Crippen LogP contribution in [0, 0.1) is 33.9 Å². The standard InChI is InChI=1S/C26H17FN4O/c27-20-10-7-18(8-11-20)25(32)24-23(19-5-3-13-30-14-19)26(15-28,16-29)22-12-9-17-4-1-2-6-21(17)31(22)24/h1-14,22-24H/t22-,23-,24-/m1/s1. The second-order valence-electron chi connectivity index (χ2n) is 7.94. The normalized spacial score (nSPS) is 22.3. The van der Waals surface area contributed by atoms with Gasteiger partial charge in [-0.15, -0.1) is 0 Å². The Bertz CT molecular complexity index is 1290. The number of pyridine rings is 1. The van der Waals surface area contributed by atoms with E-state index in [1.165, 1.54) is 24.3 Å². The number of fused-ring (bicyclic) bond motifs is 3. The zero-order valence-electron chi connectivity index (χ0n) is 16.9. The van der Waals surface area contributed by atoms with Crippen LogP contribution in [0.25, 0.3) is 6.08 Å². The monoisotopic (exact) mass is 420 g/mol. The Labute approximate surface area is 184 Å². The maximum Gasteiger partial charge on any atom is 0.185 e. The Kier molecular flexibility index (Phi) is 4.57. The molecule has 154 valence electrons. The molecule has 3 heterocycles. The van der Waals surface area contributed by atoms with Crippen molar-refractivity contribution in [3.05, 3.63) is 102 Å². The van der Waals surface area contributed by atoms with Crippen molar-refractivity contribution < 1.29 is 9.18 Å². The molecule has 32 heavy (non-hydrogen) atoms. The van der Waals surface area contributed by atoms with E-state index in [9.17, 15) is 19.7 Å². The van der Waals surface area contributed by atoms with E-state index in [0.717, 1.165) is 11.3 Å². The third-order valence-electron chi connectivity index (χ3n) is 6.36. The van der Waals surface area contributed by atoms with Gasteiger partial charge in [0.15, 0.2) is 11.2 Å². The third-order valence-corrected chi connectivity index (χ3v) is 6.36. The Hall–Kier alpha value is -4.29. The van der Waals surface area contributed by atoms with E-state index in [1.807, 2.05) is 41.3 Å². The highest BCUT2D eigenvalue weighted by Gasteiger charge is 2.63. The molecule has 2 aliphatic rings. The summed E-state index contributed by atoms with van der Waals surface area (Å²) in [7, 11) is 0. The summed E-state index contributed by atoms with van der Waals surface area (Å²) in [5.41, 5.74) is 1.12. The van der Waals surface area contributed by atoms with E-state index in [2.05, 4.69) is 17.1 Å². The molecule has 1 saturated heterocycles. The second kappa shape index (κ2) is 7.44. The molecule has 1 fully saturated rings. The molecule has 1 aromatic heterocycles. The number of Topliss-reactive ketones (excluding diaryl/α,β-unsaturated/α-hetero) is 1. The number of aromatic nitrogens is 1. The molecule has 2 aromatic carbocycles. The lowest BCUT2D eigenvalue weighted by molar-refractivity contribution is 0.0951. The average Bonchev–Trinajstić information content (AvgIpc) is 3.15. The molecule has 6 heteroatoms. The number of nitriles is 2. The van der Waals surface area contributed by atoms with Crippen molar-refractivity contribution in [3.8, 4) is 12.1 Å². The molecule has 3 atom stereocenters. The summed E-state index contributed by atoms with van der Waals surface area (Å²) < 4.78 is 13.5. The first kappa shape index (κ1) is 19.7. The third kappa shape index (κ3) is 2.74. The molecule has 0 amide bonds. The molecular formula is C26H17FN4O. The fraction of sp³-hybridized carbons (Fsp3) is 0.154. The van der Waals surface area contributed by atoms with Gasteiger partial charge in [0.25, 0.3) is 0 Å². The van der Waals surface area contributed by atoms with Crippen molar-refractivity contribution in [2.45, 2.75) is 18.0 Å². The van der Waals surface area contributed by atoms with Gasteiger partial charge >= 0.3 is 0 Å². The Balaban J connectivity index is 1.78. The summed E-state index contributed by atoms with van der Waals surface area (Å²) in [6, 6.07) is 19.5. The average molecular weight is 420 g/mol. The molecule has 2 aliphatic heterocycles. The fourth-order valence-corrected chi connectivity index (χ4v) is 4.95. The molecule has 3 aromatic rings. The highest BCUT2D eigenvalue weighted by Crippen LogP contribution is 2.55. The summed E-state index contributed by atoms with van der Waals surface area (Å²) in [4.78, 5) is 20.0. The lowest BCUT2D eigenvalue weighted by Crippen LogP contribution is -2.44. The van der Waals surface area contributed by atoms with Crippen molar-refractivity contribution in [2.24, 2.45) is 5.41 Å². The smallest absolute Gasteiger partial charge is 0.185 e. The summed E-state index contributed by atoms with van der Waals surface area (Å²) in [5, 5.41) is 20.7. The minimum atomic E-state index is -1.52. The number of carbonyl (C=O) groups excluding carboxylic acids is 1. The number of nitrogens with zero attached hydrogens (tertiary/aromatic N) is 4. The SMILES string of the molecule is N#CC1(C#N)[C@H](c2cccnc2)[C@H](C(=O)c2ccc(F)cc2)N2c3ccccc3C=C[C@@H]21. The minimum Gasteiger partial charge on any atom is -0.351 e. The van der Waals surface area contributed by atoms with E-state index in [4.69, 9.17) is 0 Å². The lowest BCUT2D eigenvalue weighted by Gasteiger charge is -2.35.